The van der Waals surface area contributed by atoms with Crippen molar-refractivity contribution in [3.8, 4) is 17.0 Å². The molecule has 2 rings (SSSR count). The molecule has 16 heavy (non-hydrogen) atoms. The molecule has 0 radical (unpaired) electrons. The average molecular weight is 258 g/mol. The van der Waals surface area contributed by atoms with Gasteiger partial charge in [-0.1, -0.05) is 23.2 Å². The van der Waals surface area contributed by atoms with Gasteiger partial charge < -0.3 is 15.5 Å². The molecule has 0 atom stereocenters. The molecule has 0 fully saturated rings. The van der Waals surface area contributed by atoms with Gasteiger partial charge in [0.1, 0.15) is 5.75 Å². The van der Waals surface area contributed by atoms with E-state index in [1.54, 1.807) is 25.4 Å². The second kappa shape index (κ2) is 4.23. The zero-order valence-corrected chi connectivity index (χ0v) is 9.93. The van der Waals surface area contributed by atoms with E-state index in [4.69, 9.17) is 33.7 Å². The summed E-state index contributed by atoms with van der Waals surface area (Å²) in [6.07, 6.45) is 1.60. The lowest BCUT2D eigenvalue weighted by molar-refractivity contribution is 0.416. The van der Waals surface area contributed by atoms with Crippen LogP contribution in [0.2, 0.25) is 10.0 Å². The number of nitrogens with zero attached hydrogens (tertiary/aromatic N) is 1. The first-order chi connectivity index (χ1) is 7.61. The maximum absolute atomic E-state index is 6.02. The molecule has 0 amide bonds. The second-order valence-electron chi connectivity index (χ2n) is 3.15. The molecule has 0 spiro atoms. The average Bonchev–Trinajstić information content (AvgIpc) is 2.63. The Morgan fingerprint density at radius 2 is 2.12 bits per heavy atom. The molecule has 6 heteroatoms. The number of H-pyrrole nitrogens is 1. The number of nitrogen functional groups attached to an aromatic ring is 1. The molecule has 1 aromatic carbocycles. The number of aromatic amines is 1. The van der Waals surface area contributed by atoms with Crippen molar-refractivity contribution in [2.75, 3.05) is 12.8 Å². The lowest BCUT2D eigenvalue weighted by Crippen LogP contribution is -1.90. The van der Waals surface area contributed by atoms with Crippen molar-refractivity contribution in [2.45, 2.75) is 0 Å². The minimum absolute atomic E-state index is 0.327. The summed E-state index contributed by atoms with van der Waals surface area (Å²) >= 11 is 11.9. The molecule has 4 nitrogen and oxygen atoms in total. The van der Waals surface area contributed by atoms with Gasteiger partial charge in [0, 0.05) is 10.6 Å². The van der Waals surface area contributed by atoms with E-state index in [-0.39, 0.29) is 0 Å². The Balaban J connectivity index is 2.63. The molecule has 1 aromatic heterocycles. The van der Waals surface area contributed by atoms with Gasteiger partial charge in [0.25, 0.3) is 0 Å². The van der Waals surface area contributed by atoms with E-state index in [1.165, 1.54) is 0 Å². The van der Waals surface area contributed by atoms with Crippen LogP contribution in [0.25, 0.3) is 11.3 Å². The molecule has 0 saturated heterocycles. The third-order valence-electron chi connectivity index (χ3n) is 2.10. The van der Waals surface area contributed by atoms with Crippen molar-refractivity contribution in [1.82, 2.24) is 9.97 Å². The Labute approximate surface area is 102 Å². The number of nitrogens with two attached hydrogens (primary N) is 1. The summed E-state index contributed by atoms with van der Waals surface area (Å²) in [6.45, 7) is 0. The number of imidazole rings is 1. The fraction of sp³-hybridized carbons (Fsp3) is 0.100. The monoisotopic (exact) mass is 257 g/mol. The summed E-state index contributed by atoms with van der Waals surface area (Å²) < 4.78 is 5.22. The minimum atomic E-state index is 0.327. The van der Waals surface area contributed by atoms with Crippen molar-refractivity contribution in [1.29, 1.82) is 0 Å². The highest BCUT2D eigenvalue weighted by molar-refractivity contribution is 6.36. The number of methoxy groups -OCH3 is 1. The van der Waals surface area contributed by atoms with Crippen LogP contribution in [0, 0.1) is 0 Å². The maximum atomic E-state index is 6.02. The summed E-state index contributed by atoms with van der Waals surface area (Å²) in [5.41, 5.74) is 6.94. The van der Waals surface area contributed by atoms with Crippen LogP contribution in [0.3, 0.4) is 0 Å². The lowest BCUT2D eigenvalue weighted by Gasteiger charge is -2.09. The van der Waals surface area contributed by atoms with Crippen molar-refractivity contribution < 1.29 is 4.74 Å². The van der Waals surface area contributed by atoms with Crippen LogP contribution in [0.15, 0.2) is 18.3 Å². The van der Waals surface area contributed by atoms with Crippen LogP contribution in [0.4, 0.5) is 5.95 Å². The number of halogens is 2. The van der Waals surface area contributed by atoms with E-state index in [0.717, 1.165) is 5.56 Å². The first-order valence-corrected chi connectivity index (χ1v) is 5.21. The van der Waals surface area contributed by atoms with Crippen LogP contribution in [-0.2, 0) is 0 Å². The molecule has 0 aliphatic carbocycles. The van der Waals surface area contributed by atoms with Gasteiger partial charge in [-0.05, 0) is 12.1 Å². The Hall–Kier alpha value is -1.39. The number of anilines is 1. The number of ether oxygens (including phenoxy) is 1. The zero-order chi connectivity index (χ0) is 11.7. The number of aromatic nitrogens is 2. The molecule has 0 bridgehead atoms. The normalized spacial score (nSPS) is 10.4. The summed E-state index contributed by atoms with van der Waals surface area (Å²) in [7, 11) is 1.54. The summed E-state index contributed by atoms with van der Waals surface area (Å²) in [5, 5.41) is 0.965. The van der Waals surface area contributed by atoms with Gasteiger partial charge >= 0.3 is 0 Å². The highest BCUT2D eigenvalue weighted by atomic mass is 35.5. The molecule has 84 valence electrons. The van der Waals surface area contributed by atoms with Gasteiger partial charge in [-0.25, -0.2) is 4.98 Å². The third kappa shape index (κ3) is 1.94. The van der Waals surface area contributed by atoms with E-state index < -0.39 is 0 Å². The Bertz CT molecular complexity index is 525. The smallest absolute Gasteiger partial charge is 0.197 e. The van der Waals surface area contributed by atoms with Crippen molar-refractivity contribution in [2.24, 2.45) is 0 Å². The molecule has 1 heterocycles. The molecule has 2 aromatic rings. The highest BCUT2D eigenvalue weighted by Crippen LogP contribution is 2.38. The predicted molar refractivity (Wildman–Crippen MR) is 65.0 cm³/mol. The van der Waals surface area contributed by atoms with E-state index in [1.807, 2.05) is 0 Å². The fourth-order valence-electron chi connectivity index (χ4n) is 1.44. The molecular weight excluding hydrogens is 249 g/mol. The number of hydrogen-bond donors (Lipinski definition) is 2. The van der Waals surface area contributed by atoms with Crippen molar-refractivity contribution >= 4 is 29.2 Å². The Morgan fingerprint density at radius 3 is 2.69 bits per heavy atom. The molecule has 0 aliphatic heterocycles. The number of hydrogen-bond acceptors (Lipinski definition) is 3. The van der Waals surface area contributed by atoms with Gasteiger partial charge in [-0.2, -0.15) is 0 Å². The number of nitrogens with one attached hydrogen (secondary N) is 1. The van der Waals surface area contributed by atoms with Crippen LogP contribution in [-0.4, -0.2) is 17.1 Å². The molecule has 0 aliphatic rings. The fourth-order valence-corrected chi connectivity index (χ4v) is 2.01. The minimum Gasteiger partial charge on any atom is -0.494 e. The third-order valence-corrected chi connectivity index (χ3v) is 2.60. The first-order valence-electron chi connectivity index (χ1n) is 4.45. The van der Waals surface area contributed by atoms with Crippen molar-refractivity contribution in [3.63, 3.8) is 0 Å². The van der Waals surface area contributed by atoms with Crippen LogP contribution in [0.1, 0.15) is 0 Å². The SMILES string of the molecule is COc1c(Cl)cc(Cl)cc1-c1cnc(N)[nH]1. The van der Waals surface area contributed by atoms with E-state index in [9.17, 15) is 0 Å². The second-order valence-corrected chi connectivity index (χ2v) is 3.99. The quantitative estimate of drug-likeness (QED) is 0.870. The Morgan fingerprint density at radius 1 is 1.38 bits per heavy atom. The standard InChI is InChI=1S/C10H9Cl2N3O/c1-16-9-6(2-5(11)3-7(9)12)8-4-14-10(13)15-8/h2-4H,1H3,(H3,13,14,15). The van der Waals surface area contributed by atoms with Gasteiger partial charge in [-0.3, -0.25) is 0 Å². The lowest BCUT2D eigenvalue weighted by atomic mass is 10.1. The summed E-state index contributed by atoms with van der Waals surface area (Å²) in [4.78, 5) is 6.80. The van der Waals surface area contributed by atoms with E-state index >= 15 is 0 Å². The van der Waals surface area contributed by atoms with Crippen molar-refractivity contribution in [3.05, 3.63) is 28.4 Å². The topological polar surface area (TPSA) is 63.9 Å². The number of benzene rings is 1. The predicted octanol–water partition coefficient (Wildman–Crippen LogP) is 2.97. The van der Waals surface area contributed by atoms with E-state index in [2.05, 4.69) is 9.97 Å². The van der Waals surface area contributed by atoms with Gasteiger partial charge in [0.05, 0.1) is 24.0 Å². The number of rotatable bonds is 2. The first kappa shape index (κ1) is 11.1. The van der Waals surface area contributed by atoms with Gasteiger partial charge in [0.15, 0.2) is 5.95 Å². The summed E-state index contributed by atoms with van der Waals surface area (Å²) in [5.74, 6) is 0.864. The van der Waals surface area contributed by atoms with Crippen LogP contribution >= 0.6 is 23.2 Å². The molecule has 3 N–H and O–H groups in total. The highest BCUT2D eigenvalue weighted by Gasteiger charge is 2.13. The Kier molecular flexibility index (Phi) is 2.94. The van der Waals surface area contributed by atoms with E-state index in [0.29, 0.717) is 27.4 Å². The molecule has 0 unspecified atom stereocenters. The molecular formula is C10H9Cl2N3O. The van der Waals surface area contributed by atoms with Gasteiger partial charge in [0.2, 0.25) is 0 Å². The zero-order valence-electron chi connectivity index (χ0n) is 8.42. The van der Waals surface area contributed by atoms with Crippen LogP contribution < -0.4 is 10.5 Å². The van der Waals surface area contributed by atoms with Crippen LogP contribution in [0.5, 0.6) is 5.75 Å². The largest absolute Gasteiger partial charge is 0.494 e. The summed E-state index contributed by atoms with van der Waals surface area (Å²) in [6, 6.07) is 3.35. The molecule has 0 saturated carbocycles. The maximum Gasteiger partial charge on any atom is 0.197 e. The van der Waals surface area contributed by atoms with Gasteiger partial charge in [-0.15, -0.1) is 0 Å².